The Hall–Kier alpha value is -5.66. The molecule has 43 heavy (non-hydrogen) atoms. The normalized spacial score (nSPS) is 11.3. The van der Waals surface area contributed by atoms with Gasteiger partial charge in [0.2, 0.25) is 0 Å². The summed E-state index contributed by atoms with van der Waals surface area (Å²) in [5.41, 5.74) is 8.24. The van der Waals surface area contributed by atoms with Gasteiger partial charge in [-0.15, -0.1) is 0 Å². The molecule has 202 valence electrons. The average molecular weight is 548 g/mol. The molecule has 8 rings (SSSR count). The summed E-state index contributed by atoms with van der Waals surface area (Å²) in [5, 5.41) is 7.48. The van der Waals surface area contributed by atoms with Gasteiger partial charge in [0.25, 0.3) is 0 Å². The number of hydrogen-bond acceptors (Lipinski definition) is 1. The van der Waals surface area contributed by atoms with Gasteiger partial charge in [0.05, 0.1) is 5.69 Å². The van der Waals surface area contributed by atoms with E-state index in [0.29, 0.717) is 0 Å². The molecule has 0 aliphatic carbocycles. The first-order valence-electron chi connectivity index (χ1n) is 14.8. The maximum absolute atomic E-state index is 2.43. The third kappa shape index (κ3) is 4.52. The predicted molar refractivity (Wildman–Crippen MR) is 185 cm³/mol. The monoisotopic (exact) mass is 547 g/mol. The topological polar surface area (TPSA) is 3.24 Å². The lowest BCUT2D eigenvalue weighted by Gasteiger charge is -2.28. The molecule has 0 heterocycles. The van der Waals surface area contributed by atoms with Crippen LogP contribution in [0.1, 0.15) is 0 Å². The van der Waals surface area contributed by atoms with Crippen LogP contribution in [0.5, 0.6) is 0 Å². The second kappa shape index (κ2) is 10.6. The summed E-state index contributed by atoms with van der Waals surface area (Å²) in [6.07, 6.45) is 0. The molecule has 8 aromatic carbocycles. The molecule has 0 aromatic heterocycles. The fraction of sp³-hybridized carbons (Fsp3) is 0. The molecule has 0 N–H and O–H groups in total. The lowest BCUT2D eigenvalue weighted by atomic mass is 9.96. The van der Waals surface area contributed by atoms with E-state index in [1.807, 2.05) is 0 Å². The van der Waals surface area contributed by atoms with Gasteiger partial charge in [-0.25, -0.2) is 0 Å². The van der Waals surface area contributed by atoms with Crippen LogP contribution < -0.4 is 4.90 Å². The first-order valence-corrected chi connectivity index (χ1v) is 14.8. The Labute approximate surface area is 251 Å². The zero-order valence-electron chi connectivity index (χ0n) is 23.7. The SMILES string of the molecule is c1ccc(-c2cccc(N(c3cccc(-c4cccc5ccccc45)c3)c3cc4ccccc4c4ccccc34)c2)cc1. The minimum atomic E-state index is 1.12. The molecule has 1 nitrogen and oxygen atoms in total. The van der Waals surface area contributed by atoms with E-state index in [2.05, 4.69) is 181 Å². The van der Waals surface area contributed by atoms with Crippen molar-refractivity contribution in [3.8, 4) is 22.3 Å². The van der Waals surface area contributed by atoms with Crippen LogP contribution in [0, 0.1) is 0 Å². The standard InChI is InChI=1S/C42H29N/c1-2-13-30(14-3-1)32-18-10-20-35(27-32)43(42-29-34-16-5-7-23-39(34)40-24-8-9-25-41(40)42)36-21-11-19-33(28-36)38-26-12-17-31-15-4-6-22-37(31)38/h1-29H. The van der Waals surface area contributed by atoms with E-state index in [0.717, 1.165) is 17.1 Å². The van der Waals surface area contributed by atoms with Crippen LogP contribution in [0.15, 0.2) is 176 Å². The molecule has 0 amide bonds. The number of rotatable bonds is 5. The molecule has 0 aliphatic rings. The molecule has 0 radical (unpaired) electrons. The van der Waals surface area contributed by atoms with Gasteiger partial charge in [-0.3, -0.25) is 0 Å². The Bertz CT molecular complexity index is 2240. The van der Waals surface area contributed by atoms with E-state index < -0.39 is 0 Å². The molecule has 0 unspecified atom stereocenters. The largest absolute Gasteiger partial charge is 0.310 e. The zero-order chi connectivity index (χ0) is 28.6. The maximum Gasteiger partial charge on any atom is 0.0546 e. The fourth-order valence-corrected chi connectivity index (χ4v) is 6.39. The van der Waals surface area contributed by atoms with Gasteiger partial charge in [0.1, 0.15) is 0 Å². The summed E-state index contributed by atoms with van der Waals surface area (Å²) >= 11 is 0. The molecule has 0 atom stereocenters. The summed E-state index contributed by atoms with van der Waals surface area (Å²) in [6.45, 7) is 0. The summed E-state index contributed by atoms with van der Waals surface area (Å²) in [5.74, 6) is 0. The lowest BCUT2D eigenvalue weighted by molar-refractivity contribution is 1.30. The second-order valence-corrected chi connectivity index (χ2v) is 11.0. The molecule has 0 spiro atoms. The molecule has 0 saturated carbocycles. The van der Waals surface area contributed by atoms with E-state index >= 15 is 0 Å². The van der Waals surface area contributed by atoms with Gasteiger partial charge < -0.3 is 4.90 Å². The van der Waals surface area contributed by atoms with E-state index in [1.54, 1.807) is 0 Å². The predicted octanol–water partition coefficient (Wildman–Crippen LogP) is 11.9. The molecule has 0 fully saturated rings. The smallest absolute Gasteiger partial charge is 0.0546 e. The van der Waals surface area contributed by atoms with Crippen molar-refractivity contribution >= 4 is 49.4 Å². The van der Waals surface area contributed by atoms with Crippen molar-refractivity contribution in [2.45, 2.75) is 0 Å². The van der Waals surface area contributed by atoms with Gasteiger partial charge >= 0.3 is 0 Å². The fourth-order valence-electron chi connectivity index (χ4n) is 6.39. The molecular formula is C42H29N. The summed E-state index contributed by atoms with van der Waals surface area (Å²) in [7, 11) is 0. The number of nitrogens with zero attached hydrogens (tertiary/aromatic N) is 1. The highest BCUT2D eigenvalue weighted by Gasteiger charge is 2.18. The first kappa shape index (κ1) is 25.1. The van der Waals surface area contributed by atoms with Crippen LogP contribution in [-0.4, -0.2) is 0 Å². The highest BCUT2D eigenvalue weighted by molar-refractivity contribution is 6.14. The Balaban J connectivity index is 1.39. The molecule has 1 heteroatoms. The Morgan fingerprint density at radius 3 is 1.63 bits per heavy atom. The third-order valence-corrected chi connectivity index (χ3v) is 8.40. The quantitative estimate of drug-likeness (QED) is 0.194. The minimum Gasteiger partial charge on any atom is -0.310 e. The Morgan fingerprint density at radius 1 is 0.302 bits per heavy atom. The van der Waals surface area contributed by atoms with E-state index in [-0.39, 0.29) is 0 Å². The minimum absolute atomic E-state index is 1.12. The van der Waals surface area contributed by atoms with Crippen molar-refractivity contribution in [3.63, 3.8) is 0 Å². The van der Waals surface area contributed by atoms with Gasteiger partial charge in [-0.2, -0.15) is 0 Å². The van der Waals surface area contributed by atoms with Gasteiger partial charge in [-0.1, -0.05) is 146 Å². The molecular weight excluding hydrogens is 518 g/mol. The van der Waals surface area contributed by atoms with Crippen molar-refractivity contribution in [3.05, 3.63) is 176 Å². The van der Waals surface area contributed by atoms with E-state index in [4.69, 9.17) is 0 Å². The number of hydrogen-bond donors (Lipinski definition) is 0. The summed E-state index contributed by atoms with van der Waals surface area (Å²) in [6, 6.07) is 63.5. The van der Waals surface area contributed by atoms with Crippen molar-refractivity contribution in [1.82, 2.24) is 0 Å². The first-order chi connectivity index (χ1) is 21.3. The zero-order valence-corrected chi connectivity index (χ0v) is 23.7. The summed E-state index contributed by atoms with van der Waals surface area (Å²) in [4.78, 5) is 2.43. The van der Waals surface area contributed by atoms with Crippen molar-refractivity contribution < 1.29 is 0 Å². The summed E-state index contributed by atoms with van der Waals surface area (Å²) < 4.78 is 0. The van der Waals surface area contributed by atoms with Crippen molar-refractivity contribution in [1.29, 1.82) is 0 Å². The number of fused-ring (bicyclic) bond motifs is 4. The van der Waals surface area contributed by atoms with Crippen LogP contribution in [-0.2, 0) is 0 Å². The molecule has 0 bridgehead atoms. The Morgan fingerprint density at radius 2 is 0.837 bits per heavy atom. The lowest BCUT2D eigenvalue weighted by Crippen LogP contribution is -2.11. The van der Waals surface area contributed by atoms with Gasteiger partial charge in [0, 0.05) is 16.8 Å². The molecule has 0 aliphatic heterocycles. The van der Waals surface area contributed by atoms with Crippen LogP contribution in [0.25, 0.3) is 54.6 Å². The van der Waals surface area contributed by atoms with E-state index in [1.165, 1.54) is 54.6 Å². The van der Waals surface area contributed by atoms with Crippen molar-refractivity contribution in [2.75, 3.05) is 4.90 Å². The van der Waals surface area contributed by atoms with Crippen LogP contribution >= 0.6 is 0 Å². The third-order valence-electron chi connectivity index (χ3n) is 8.40. The number of anilines is 3. The highest BCUT2D eigenvalue weighted by atomic mass is 15.1. The van der Waals surface area contributed by atoms with Crippen LogP contribution in [0.2, 0.25) is 0 Å². The van der Waals surface area contributed by atoms with E-state index in [9.17, 15) is 0 Å². The van der Waals surface area contributed by atoms with Gasteiger partial charge in [0.15, 0.2) is 0 Å². The highest BCUT2D eigenvalue weighted by Crippen LogP contribution is 2.44. The van der Waals surface area contributed by atoms with Crippen LogP contribution in [0.3, 0.4) is 0 Å². The maximum atomic E-state index is 2.43. The van der Waals surface area contributed by atoms with Crippen LogP contribution in [0.4, 0.5) is 17.1 Å². The number of benzene rings is 8. The molecule has 8 aromatic rings. The Kier molecular flexibility index (Phi) is 6.20. The van der Waals surface area contributed by atoms with Gasteiger partial charge in [-0.05, 0) is 79.5 Å². The molecule has 0 saturated heterocycles. The van der Waals surface area contributed by atoms with Crippen molar-refractivity contribution in [2.24, 2.45) is 0 Å². The second-order valence-electron chi connectivity index (χ2n) is 11.0. The average Bonchev–Trinajstić information content (AvgIpc) is 3.09.